The number of carbonyl (C=O) groups excluding carboxylic acids is 3. The second-order valence-corrected chi connectivity index (χ2v) is 7.63. The first-order valence-electron chi connectivity index (χ1n) is 10.0. The molecule has 7 nitrogen and oxygen atoms in total. The predicted octanol–water partition coefficient (Wildman–Crippen LogP) is 2.44. The van der Waals surface area contributed by atoms with Crippen molar-refractivity contribution in [2.24, 2.45) is 0 Å². The summed E-state index contributed by atoms with van der Waals surface area (Å²) < 4.78 is 0. The molecule has 154 valence electrons. The van der Waals surface area contributed by atoms with Gasteiger partial charge in [-0.25, -0.2) is 0 Å². The summed E-state index contributed by atoms with van der Waals surface area (Å²) >= 11 is 0. The second kappa shape index (κ2) is 8.02. The van der Waals surface area contributed by atoms with Crippen molar-refractivity contribution in [2.75, 3.05) is 11.4 Å². The summed E-state index contributed by atoms with van der Waals surface area (Å²) in [6.07, 6.45) is 2.50. The maximum atomic E-state index is 12.8. The molecule has 1 atom stereocenters. The Morgan fingerprint density at radius 3 is 2.60 bits per heavy atom. The van der Waals surface area contributed by atoms with Crippen molar-refractivity contribution in [2.45, 2.75) is 32.4 Å². The van der Waals surface area contributed by atoms with Crippen molar-refractivity contribution < 1.29 is 14.4 Å². The van der Waals surface area contributed by atoms with Gasteiger partial charge in [0.05, 0.1) is 0 Å². The maximum Gasteiger partial charge on any atom is 0.310 e. The molecule has 0 spiro atoms. The molecule has 1 aromatic heterocycles. The predicted molar refractivity (Wildman–Crippen MR) is 115 cm³/mol. The van der Waals surface area contributed by atoms with E-state index in [0.29, 0.717) is 18.5 Å². The third-order valence-corrected chi connectivity index (χ3v) is 5.34. The summed E-state index contributed by atoms with van der Waals surface area (Å²) in [5.74, 6) is -1.79. The fraction of sp³-hybridized carbons (Fsp3) is 0.261. The first-order valence-corrected chi connectivity index (χ1v) is 10.0. The van der Waals surface area contributed by atoms with Crippen LogP contribution in [0, 0.1) is 0 Å². The van der Waals surface area contributed by atoms with Crippen molar-refractivity contribution >= 4 is 34.3 Å². The minimum Gasteiger partial charge on any atom is -0.361 e. The molecular formula is C23H24N4O3. The monoisotopic (exact) mass is 404 g/mol. The molecule has 0 aliphatic carbocycles. The first kappa shape index (κ1) is 19.7. The van der Waals surface area contributed by atoms with Crippen LogP contribution in [0.15, 0.2) is 54.7 Å². The smallest absolute Gasteiger partial charge is 0.310 e. The highest BCUT2D eigenvalue weighted by molar-refractivity contribution is 6.35. The average Bonchev–Trinajstić information content (AvgIpc) is 3.27. The van der Waals surface area contributed by atoms with Gasteiger partial charge in [0.25, 0.3) is 5.91 Å². The number of nitrogens with one attached hydrogen (secondary N) is 3. The number of anilines is 1. The number of carbonyl (C=O) groups is 3. The third kappa shape index (κ3) is 3.54. The van der Waals surface area contributed by atoms with Gasteiger partial charge in [0.1, 0.15) is 6.04 Å². The molecule has 0 bridgehead atoms. The Morgan fingerprint density at radius 1 is 1.07 bits per heavy atom. The number of para-hydroxylation sites is 2. The van der Waals surface area contributed by atoms with E-state index >= 15 is 0 Å². The number of nitrogens with zero attached hydrogens (tertiary/aromatic N) is 1. The van der Waals surface area contributed by atoms with Gasteiger partial charge in [-0.1, -0.05) is 36.4 Å². The molecule has 2 heterocycles. The van der Waals surface area contributed by atoms with Crippen molar-refractivity contribution in [3.8, 4) is 0 Å². The number of fused-ring (bicyclic) bond motifs is 2. The van der Waals surface area contributed by atoms with Crippen molar-refractivity contribution in [1.29, 1.82) is 0 Å². The Hall–Kier alpha value is -3.61. The quantitative estimate of drug-likeness (QED) is 0.570. The van der Waals surface area contributed by atoms with Crippen LogP contribution in [0.3, 0.4) is 0 Å². The van der Waals surface area contributed by atoms with E-state index in [1.54, 1.807) is 11.0 Å². The fourth-order valence-corrected chi connectivity index (χ4v) is 3.94. The summed E-state index contributed by atoms with van der Waals surface area (Å²) in [4.78, 5) is 42.4. The first-order chi connectivity index (χ1) is 14.5. The van der Waals surface area contributed by atoms with Crippen LogP contribution in [0.4, 0.5) is 5.69 Å². The molecule has 1 aliphatic heterocycles. The van der Waals surface area contributed by atoms with Crippen molar-refractivity contribution in [1.82, 2.24) is 15.6 Å². The van der Waals surface area contributed by atoms with Crippen LogP contribution < -0.4 is 15.5 Å². The molecule has 3 amide bonds. The number of aromatic amines is 1. The van der Waals surface area contributed by atoms with Crippen LogP contribution in [0.25, 0.3) is 10.9 Å². The molecule has 1 aliphatic rings. The van der Waals surface area contributed by atoms with E-state index in [2.05, 4.69) is 15.6 Å². The molecule has 0 saturated heterocycles. The highest BCUT2D eigenvalue weighted by atomic mass is 16.2. The van der Waals surface area contributed by atoms with Gasteiger partial charge >= 0.3 is 11.8 Å². The van der Waals surface area contributed by atoms with Gasteiger partial charge in [0.15, 0.2) is 0 Å². The standard InChI is InChI=1S/C23H24N4O3/c1-14(2)27-19-10-6-4-8-17(19)20(23(27)30)26-22(29)21(28)24-12-11-15-13-25-18-9-5-3-7-16(15)18/h3-10,13-14,20,25H,11-12H2,1-2H3,(H,24,28)(H,26,29)/t20-/m0/s1. The molecular weight excluding hydrogens is 380 g/mol. The minimum absolute atomic E-state index is 0.0504. The molecule has 4 rings (SSSR count). The Morgan fingerprint density at radius 2 is 1.80 bits per heavy atom. The van der Waals surface area contributed by atoms with Crippen LogP contribution in [-0.2, 0) is 20.8 Å². The molecule has 0 radical (unpaired) electrons. The summed E-state index contributed by atoms with van der Waals surface area (Å²) in [5.41, 5.74) is 3.57. The highest BCUT2D eigenvalue weighted by Gasteiger charge is 2.39. The lowest BCUT2D eigenvalue weighted by Gasteiger charge is -2.22. The molecule has 3 N–H and O–H groups in total. The van der Waals surface area contributed by atoms with E-state index in [4.69, 9.17) is 0 Å². The zero-order valence-corrected chi connectivity index (χ0v) is 16.9. The van der Waals surface area contributed by atoms with Gasteiger partial charge in [-0.05, 0) is 38.0 Å². The Balaban J connectivity index is 1.38. The second-order valence-electron chi connectivity index (χ2n) is 7.63. The molecule has 2 aromatic carbocycles. The number of benzene rings is 2. The van der Waals surface area contributed by atoms with E-state index < -0.39 is 17.9 Å². The molecule has 0 unspecified atom stereocenters. The van der Waals surface area contributed by atoms with E-state index in [1.165, 1.54) is 0 Å². The number of aromatic nitrogens is 1. The molecule has 0 fully saturated rings. The normalized spacial score (nSPS) is 15.5. The van der Waals surface area contributed by atoms with Crippen molar-refractivity contribution in [3.05, 3.63) is 65.9 Å². The number of hydrogen-bond acceptors (Lipinski definition) is 3. The van der Waals surface area contributed by atoms with Crippen LogP contribution in [-0.4, -0.2) is 35.3 Å². The lowest BCUT2D eigenvalue weighted by atomic mass is 10.1. The zero-order valence-electron chi connectivity index (χ0n) is 16.9. The van der Waals surface area contributed by atoms with E-state index in [0.717, 1.165) is 22.2 Å². The zero-order chi connectivity index (χ0) is 21.3. The Bertz CT molecular complexity index is 1120. The molecule has 0 saturated carbocycles. The number of H-pyrrole nitrogens is 1. The third-order valence-electron chi connectivity index (χ3n) is 5.34. The largest absolute Gasteiger partial charge is 0.361 e. The Labute approximate surface area is 174 Å². The van der Waals surface area contributed by atoms with Gasteiger partial charge in [-0.3, -0.25) is 14.4 Å². The van der Waals surface area contributed by atoms with Crippen LogP contribution in [0.5, 0.6) is 0 Å². The van der Waals surface area contributed by atoms with Crippen LogP contribution in [0.1, 0.15) is 31.0 Å². The maximum absolute atomic E-state index is 12.8. The van der Waals surface area contributed by atoms with Gasteiger partial charge in [0, 0.05) is 40.9 Å². The summed E-state index contributed by atoms with van der Waals surface area (Å²) in [6, 6.07) is 14.3. The molecule has 3 aromatic rings. The number of rotatable bonds is 5. The molecule has 7 heteroatoms. The van der Waals surface area contributed by atoms with E-state index in [-0.39, 0.29) is 11.9 Å². The summed E-state index contributed by atoms with van der Waals surface area (Å²) in [6.45, 7) is 4.15. The highest BCUT2D eigenvalue weighted by Crippen LogP contribution is 2.36. The minimum atomic E-state index is -0.851. The average molecular weight is 404 g/mol. The molecule has 30 heavy (non-hydrogen) atoms. The number of hydrogen-bond donors (Lipinski definition) is 3. The SMILES string of the molecule is CC(C)N1C(=O)[C@@H](NC(=O)C(=O)NCCc2c[nH]c3ccccc23)c2ccccc21. The van der Waals surface area contributed by atoms with E-state index in [1.807, 2.05) is 62.5 Å². The van der Waals surface area contributed by atoms with E-state index in [9.17, 15) is 14.4 Å². The van der Waals surface area contributed by atoms with Crippen molar-refractivity contribution in [3.63, 3.8) is 0 Å². The van der Waals surface area contributed by atoms with Gasteiger partial charge < -0.3 is 20.5 Å². The summed E-state index contributed by atoms with van der Waals surface area (Å²) in [7, 11) is 0. The van der Waals surface area contributed by atoms with Gasteiger partial charge in [-0.15, -0.1) is 0 Å². The fourth-order valence-electron chi connectivity index (χ4n) is 3.94. The topological polar surface area (TPSA) is 94.3 Å². The Kier molecular flexibility index (Phi) is 5.27. The lowest BCUT2D eigenvalue weighted by Crippen LogP contribution is -2.45. The van der Waals surface area contributed by atoms with Crippen LogP contribution >= 0.6 is 0 Å². The van der Waals surface area contributed by atoms with Gasteiger partial charge in [0.2, 0.25) is 0 Å². The summed E-state index contributed by atoms with van der Waals surface area (Å²) in [5, 5.41) is 6.33. The van der Waals surface area contributed by atoms with Crippen LogP contribution in [0.2, 0.25) is 0 Å². The lowest BCUT2D eigenvalue weighted by molar-refractivity contribution is -0.140. The van der Waals surface area contributed by atoms with Gasteiger partial charge in [-0.2, -0.15) is 0 Å². The number of amides is 3.